The molecule has 1 heterocycles. The lowest BCUT2D eigenvalue weighted by Crippen LogP contribution is -2.33. The van der Waals surface area contributed by atoms with E-state index in [1.165, 1.54) is 29.5 Å². The van der Waals surface area contributed by atoms with Crippen LogP contribution in [0, 0.1) is 0 Å². The number of benzene rings is 1. The van der Waals surface area contributed by atoms with Crippen molar-refractivity contribution in [3.63, 3.8) is 0 Å². The standard InChI is InChI=1S/C28H38N2O2/c1-4-6-7-13-24(25-17-19-27(32-3)20-18-25)14-9-16-28(31)30-26(5-2)15-8-11-23-12-10-21-29-22-23/h9-10,12,14,16-22,26H,4-8,11,13,15H2,1-3H3,(H,30,31)/b16-9+,24-14+/t26-/m1/s1. The van der Waals surface area contributed by atoms with Crippen LogP contribution in [0.2, 0.25) is 0 Å². The van der Waals surface area contributed by atoms with Gasteiger partial charge in [-0.3, -0.25) is 9.78 Å². The topological polar surface area (TPSA) is 51.2 Å². The van der Waals surface area contributed by atoms with Crippen molar-refractivity contribution in [1.82, 2.24) is 10.3 Å². The number of nitrogens with zero attached hydrogens (tertiary/aromatic N) is 1. The Balaban J connectivity index is 1.91. The Morgan fingerprint density at radius 1 is 1.12 bits per heavy atom. The van der Waals surface area contributed by atoms with Gasteiger partial charge in [0.25, 0.3) is 0 Å². The largest absolute Gasteiger partial charge is 0.497 e. The number of aromatic nitrogens is 1. The molecule has 0 unspecified atom stereocenters. The molecule has 32 heavy (non-hydrogen) atoms. The van der Waals surface area contributed by atoms with Gasteiger partial charge in [0, 0.05) is 24.5 Å². The molecule has 0 fully saturated rings. The minimum atomic E-state index is -0.0304. The van der Waals surface area contributed by atoms with Crippen LogP contribution in [0.3, 0.4) is 0 Å². The molecule has 0 spiro atoms. The first-order valence-corrected chi connectivity index (χ1v) is 11.9. The highest BCUT2D eigenvalue weighted by atomic mass is 16.5. The van der Waals surface area contributed by atoms with Crippen molar-refractivity contribution in [2.75, 3.05) is 7.11 Å². The molecule has 172 valence electrons. The van der Waals surface area contributed by atoms with Gasteiger partial charge in [-0.1, -0.05) is 57.0 Å². The summed E-state index contributed by atoms with van der Waals surface area (Å²) in [5.74, 6) is 0.822. The molecule has 1 N–H and O–H groups in total. The van der Waals surface area contributed by atoms with Crippen LogP contribution < -0.4 is 10.1 Å². The number of amides is 1. The number of nitrogens with one attached hydrogen (secondary N) is 1. The van der Waals surface area contributed by atoms with Gasteiger partial charge in [0.05, 0.1) is 7.11 Å². The van der Waals surface area contributed by atoms with E-state index < -0.39 is 0 Å². The van der Waals surface area contributed by atoms with Crippen molar-refractivity contribution < 1.29 is 9.53 Å². The highest BCUT2D eigenvalue weighted by molar-refractivity contribution is 5.88. The molecule has 1 amide bonds. The fraction of sp³-hybridized carbons (Fsp3) is 0.429. The molecule has 0 bridgehead atoms. The molecule has 0 saturated carbocycles. The Kier molecular flexibility index (Phi) is 11.9. The fourth-order valence-electron chi connectivity index (χ4n) is 3.67. The molecule has 2 rings (SSSR count). The maximum atomic E-state index is 12.5. The molecule has 1 aromatic carbocycles. The van der Waals surface area contributed by atoms with Gasteiger partial charge < -0.3 is 10.1 Å². The summed E-state index contributed by atoms with van der Waals surface area (Å²) in [5, 5.41) is 3.15. The van der Waals surface area contributed by atoms with Gasteiger partial charge in [-0.2, -0.15) is 0 Å². The minimum absolute atomic E-state index is 0.0304. The zero-order valence-corrected chi connectivity index (χ0v) is 19.8. The Morgan fingerprint density at radius 2 is 1.94 bits per heavy atom. The highest BCUT2D eigenvalue weighted by Gasteiger charge is 2.08. The quantitative estimate of drug-likeness (QED) is 0.209. The molecule has 0 saturated heterocycles. The maximum Gasteiger partial charge on any atom is 0.244 e. The fourth-order valence-corrected chi connectivity index (χ4v) is 3.67. The van der Waals surface area contributed by atoms with Crippen LogP contribution in [-0.2, 0) is 11.2 Å². The number of hydrogen-bond donors (Lipinski definition) is 1. The van der Waals surface area contributed by atoms with E-state index in [4.69, 9.17) is 4.74 Å². The second-order valence-corrected chi connectivity index (χ2v) is 8.10. The Morgan fingerprint density at radius 3 is 2.59 bits per heavy atom. The van der Waals surface area contributed by atoms with Gasteiger partial charge in [-0.15, -0.1) is 0 Å². The minimum Gasteiger partial charge on any atom is -0.497 e. The molecule has 4 nitrogen and oxygen atoms in total. The second kappa shape index (κ2) is 15.0. The summed E-state index contributed by atoms with van der Waals surface area (Å²) in [6.07, 6.45) is 17.7. The number of allylic oxidation sites excluding steroid dienone is 3. The Labute approximate surface area is 193 Å². The van der Waals surface area contributed by atoms with Crippen LogP contribution in [0.4, 0.5) is 0 Å². The van der Waals surface area contributed by atoms with E-state index in [0.29, 0.717) is 0 Å². The van der Waals surface area contributed by atoms with Crippen LogP contribution in [0.25, 0.3) is 5.57 Å². The van der Waals surface area contributed by atoms with Gasteiger partial charge in [0.1, 0.15) is 5.75 Å². The molecule has 4 heteroatoms. The summed E-state index contributed by atoms with van der Waals surface area (Å²) in [4.78, 5) is 16.6. The molecular formula is C28H38N2O2. The third kappa shape index (κ3) is 9.51. The summed E-state index contributed by atoms with van der Waals surface area (Å²) in [6, 6.07) is 12.4. The third-order valence-electron chi connectivity index (χ3n) is 5.64. The number of aryl methyl sites for hydroxylation is 1. The zero-order valence-electron chi connectivity index (χ0n) is 19.8. The molecule has 1 atom stereocenters. The average Bonchev–Trinajstić information content (AvgIpc) is 2.83. The zero-order chi connectivity index (χ0) is 23.0. The number of pyridine rings is 1. The van der Waals surface area contributed by atoms with E-state index >= 15 is 0 Å². The average molecular weight is 435 g/mol. The summed E-state index contributed by atoms with van der Waals surface area (Å²) in [6.45, 7) is 4.33. The number of unbranched alkanes of at least 4 members (excludes halogenated alkanes) is 2. The lowest BCUT2D eigenvalue weighted by molar-refractivity contribution is -0.117. The second-order valence-electron chi connectivity index (χ2n) is 8.10. The molecule has 0 aliphatic heterocycles. The van der Waals surface area contributed by atoms with Gasteiger partial charge in [-0.05, 0) is 73.4 Å². The van der Waals surface area contributed by atoms with Gasteiger partial charge >= 0.3 is 0 Å². The molecular weight excluding hydrogens is 396 g/mol. The van der Waals surface area contributed by atoms with Crippen molar-refractivity contribution in [2.45, 2.75) is 71.3 Å². The molecule has 2 aromatic rings. The lowest BCUT2D eigenvalue weighted by Gasteiger charge is -2.15. The predicted molar refractivity (Wildman–Crippen MR) is 134 cm³/mol. The predicted octanol–water partition coefficient (Wildman–Crippen LogP) is 6.53. The van der Waals surface area contributed by atoms with E-state index in [2.05, 4.69) is 48.4 Å². The van der Waals surface area contributed by atoms with E-state index in [0.717, 1.165) is 44.3 Å². The Bertz CT molecular complexity index is 841. The monoisotopic (exact) mass is 434 g/mol. The van der Waals surface area contributed by atoms with Crippen LogP contribution in [0.15, 0.2) is 67.0 Å². The highest BCUT2D eigenvalue weighted by Crippen LogP contribution is 2.23. The van der Waals surface area contributed by atoms with Gasteiger partial charge in [-0.25, -0.2) is 0 Å². The van der Waals surface area contributed by atoms with E-state index in [1.54, 1.807) is 19.4 Å². The van der Waals surface area contributed by atoms with Crippen molar-refractivity contribution in [1.29, 1.82) is 0 Å². The number of hydrogen-bond acceptors (Lipinski definition) is 3. The first kappa shape index (κ1) is 25.4. The summed E-state index contributed by atoms with van der Waals surface area (Å²) < 4.78 is 5.27. The summed E-state index contributed by atoms with van der Waals surface area (Å²) in [7, 11) is 1.68. The molecule has 1 aromatic heterocycles. The van der Waals surface area contributed by atoms with Crippen molar-refractivity contribution >= 4 is 11.5 Å². The van der Waals surface area contributed by atoms with Crippen molar-refractivity contribution in [3.8, 4) is 5.75 Å². The van der Waals surface area contributed by atoms with Gasteiger partial charge in [0.15, 0.2) is 0 Å². The number of methoxy groups -OCH3 is 1. The third-order valence-corrected chi connectivity index (χ3v) is 5.64. The van der Waals surface area contributed by atoms with Crippen LogP contribution >= 0.6 is 0 Å². The van der Waals surface area contributed by atoms with Crippen molar-refractivity contribution in [3.05, 3.63) is 78.1 Å². The smallest absolute Gasteiger partial charge is 0.244 e. The summed E-state index contributed by atoms with van der Waals surface area (Å²) in [5.41, 5.74) is 3.66. The van der Waals surface area contributed by atoms with E-state index in [-0.39, 0.29) is 11.9 Å². The first-order valence-electron chi connectivity index (χ1n) is 11.9. The van der Waals surface area contributed by atoms with Gasteiger partial charge in [0.2, 0.25) is 5.91 Å². The maximum absolute atomic E-state index is 12.5. The Hall–Kier alpha value is -2.88. The molecule has 0 aliphatic rings. The van der Waals surface area contributed by atoms with Crippen LogP contribution in [-0.4, -0.2) is 24.0 Å². The van der Waals surface area contributed by atoms with E-state index in [1.807, 2.05) is 30.5 Å². The first-order chi connectivity index (χ1) is 15.7. The van der Waals surface area contributed by atoms with Crippen LogP contribution in [0.5, 0.6) is 5.75 Å². The van der Waals surface area contributed by atoms with Crippen LogP contribution in [0.1, 0.15) is 69.9 Å². The number of ether oxygens (including phenoxy) is 1. The lowest BCUT2D eigenvalue weighted by atomic mass is 9.99. The normalized spacial score (nSPS) is 12.7. The number of rotatable bonds is 14. The number of carbonyl (C=O) groups excluding carboxylic acids is 1. The van der Waals surface area contributed by atoms with E-state index in [9.17, 15) is 4.79 Å². The summed E-state index contributed by atoms with van der Waals surface area (Å²) >= 11 is 0. The number of carbonyl (C=O) groups is 1. The SMILES string of the molecule is CCCCC/C(=C\C=C\C(=O)N[C@H](CC)CCCc1cccnc1)c1ccc(OC)cc1. The van der Waals surface area contributed by atoms with Crippen molar-refractivity contribution in [2.24, 2.45) is 0 Å². The molecule has 0 radical (unpaired) electrons. The molecule has 0 aliphatic carbocycles.